The Balaban J connectivity index is 2.29. The van der Waals surface area contributed by atoms with Crippen molar-refractivity contribution in [2.75, 3.05) is 18.0 Å². The normalized spacial score (nSPS) is 18.9. The molecule has 1 unspecified atom stereocenters. The second-order valence-electron chi connectivity index (χ2n) is 4.16. The molecule has 0 saturated carbocycles. The molecule has 0 spiro atoms. The Labute approximate surface area is 108 Å². The lowest BCUT2D eigenvalue weighted by molar-refractivity contribution is -0.384. The van der Waals surface area contributed by atoms with Gasteiger partial charge in [-0.15, -0.1) is 0 Å². The topological polar surface area (TPSA) is 83.7 Å². The van der Waals surface area contributed by atoms with E-state index in [4.69, 9.17) is 16.7 Å². The van der Waals surface area contributed by atoms with E-state index in [1.807, 2.05) is 0 Å². The molecule has 7 heteroatoms. The maximum Gasteiger partial charge on any atom is 0.308 e. The Kier molecular flexibility index (Phi) is 3.38. The molecule has 0 bridgehead atoms. The number of nitro benzene ring substituents is 1. The van der Waals surface area contributed by atoms with E-state index in [1.54, 1.807) is 17.0 Å². The fraction of sp³-hybridized carbons (Fsp3) is 0.364. The molecule has 0 aliphatic carbocycles. The van der Waals surface area contributed by atoms with Gasteiger partial charge >= 0.3 is 5.97 Å². The van der Waals surface area contributed by atoms with E-state index >= 15 is 0 Å². The van der Waals surface area contributed by atoms with E-state index in [0.29, 0.717) is 23.7 Å². The van der Waals surface area contributed by atoms with E-state index in [2.05, 4.69) is 0 Å². The van der Waals surface area contributed by atoms with Crippen molar-refractivity contribution in [3.63, 3.8) is 0 Å². The first-order valence-electron chi connectivity index (χ1n) is 5.40. The summed E-state index contributed by atoms with van der Waals surface area (Å²) in [7, 11) is 0. The zero-order valence-electron chi connectivity index (χ0n) is 9.38. The molecule has 1 aliphatic rings. The smallest absolute Gasteiger partial charge is 0.308 e. The van der Waals surface area contributed by atoms with Gasteiger partial charge in [0.25, 0.3) is 5.69 Å². The van der Waals surface area contributed by atoms with Gasteiger partial charge in [0.15, 0.2) is 0 Å². The average molecular weight is 271 g/mol. The summed E-state index contributed by atoms with van der Waals surface area (Å²) in [4.78, 5) is 23.0. The number of halogens is 1. The van der Waals surface area contributed by atoms with Crippen molar-refractivity contribution in [1.29, 1.82) is 0 Å². The van der Waals surface area contributed by atoms with Gasteiger partial charge in [-0.2, -0.15) is 0 Å². The van der Waals surface area contributed by atoms with Crippen molar-refractivity contribution in [2.24, 2.45) is 5.92 Å². The number of nitro groups is 1. The number of hydrogen-bond donors (Lipinski definition) is 1. The molecule has 0 aromatic heterocycles. The molecule has 0 amide bonds. The van der Waals surface area contributed by atoms with Crippen LogP contribution in [0.4, 0.5) is 11.4 Å². The molecule has 1 saturated heterocycles. The number of rotatable bonds is 3. The van der Waals surface area contributed by atoms with Crippen molar-refractivity contribution < 1.29 is 14.8 Å². The van der Waals surface area contributed by atoms with Gasteiger partial charge in [0.2, 0.25) is 0 Å². The molecule has 1 heterocycles. The van der Waals surface area contributed by atoms with Crippen LogP contribution in [0.2, 0.25) is 5.02 Å². The molecule has 96 valence electrons. The fourth-order valence-corrected chi connectivity index (χ4v) is 2.26. The van der Waals surface area contributed by atoms with E-state index in [0.717, 1.165) is 0 Å². The van der Waals surface area contributed by atoms with Gasteiger partial charge in [-0.3, -0.25) is 14.9 Å². The summed E-state index contributed by atoms with van der Waals surface area (Å²) in [5.74, 6) is -1.34. The summed E-state index contributed by atoms with van der Waals surface area (Å²) in [5.41, 5.74) is 0.335. The minimum atomic E-state index is -0.867. The van der Waals surface area contributed by atoms with Crippen molar-refractivity contribution >= 4 is 28.9 Å². The van der Waals surface area contributed by atoms with Crippen molar-refractivity contribution in [3.05, 3.63) is 33.3 Å². The second kappa shape index (κ2) is 4.81. The monoisotopic (exact) mass is 270 g/mol. The highest BCUT2D eigenvalue weighted by atomic mass is 35.5. The third kappa shape index (κ3) is 2.38. The Morgan fingerprint density at radius 1 is 1.56 bits per heavy atom. The van der Waals surface area contributed by atoms with Crippen LogP contribution in [-0.4, -0.2) is 29.1 Å². The van der Waals surface area contributed by atoms with Crippen LogP contribution < -0.4 is 4.90 Å². The number of carboxylic acid groups (broad SMARTS) is 1. The minimum absolute atomic E-state index is 0.0893. The van der Waals surface area contributed by atoms with Crippen LogP contribution in [0.3, 0.4) is 0 Å². The predicted octanol–water partition coefficient (Wildman–Crippen LogP) is 2.16. The van der Waals surface area contributed by atoms with Crippen LogP contribution in [0.25, 0.3) is 0 Å². The molecule has 18 heavy (non-hydrogen) atoms. The van der Waals surface area contributed by atoms with Gasteiger partial charge in [-0.1, -0.05) is 11.6 Å². The molecule has 2 rings (SSSR count). The SMILES string of the molecule is O=C(O)C1CCN(c2ccc(Cl)cc2[N+](=O)[O-])C1. The largest absolute Gasteiger partial charge is 0.481 e. The summed E-state index contributed by atoms with van der Waals surface area (Å²) in [6.45, 7) is 0.789. The van der Waals surface area contributed by atoms with Crippen molar-refractivity contribution in [2.45, 2.75) is 6.42 Å². The molecule has 1 atom stereocenters. The van der Waals surface area contributed by atoms with Crippen LogP contribution in [0.15, 0.2) is 18.2 Å². The van der Waals surface area contributed by atoms with E-state index in [-0.39, 0.29) is 12.2 Å². The lowest BCUT2D eigenvalue weighted by Crippen LogP contribution is -2.23. The van der Waals surface area contributed by atoms with Crippen LogP contribution in [-0.2, 0) is 4.79 Å². The first kappa shape index (κ1) is 12.6. The van der Waals surface area contributed by atoms with Crippen LogP contribution in [0.5, 0.6) is 0 Å². The molecule has 0 radical (unpaired) electrons. The van der Waals surface area contributed by atoms with Crippen molar-refractivity contribution in [1.82, 2.24) is 0 Å². The number of carboxylic acids is 1. The molecule has 6 nitrogen and oxygen atoms in total. The van der Waals surface area contributed by atoms with E-state index in [1.165, 1.54) is 6.07 Å². The molecular formula is C11H11ClN2O4. The maximum absolute atomic E-state index is 11.0. The Hall–Kier alpha value is -1.82. The Morgan fingerprint density at radius 2 is 2.28 bits per heavy atom. The highest BCUT2D eigenvalue weighted by Crippen LogP contribution is 2.34. The Bertz CT molecular complexity index is 506. The molecular weight excluding hydrogens is 260 g/mol. The highest BCUT2D eigenvalue weighted by Gasteiger charge is 2.31. The summed E-state index contributed by atoms with van der Waals surface area (Å²) in [6, 6.07) is 4.41. The zero-order chi connectivity index (χ0) is 13.3. The van der Waals surface area contributed by atoms with Gasteiger partial charge in [-0.05, 0) is 18.6 Å². The van der Waals surface area contributed by atoms with Gasteiger partial charge in [0.1, 0.15) is 5.69 Å². The molecule has 1 fully saturated rings. The standard InChI is InChI=1S/C11H11ClN2O4/c12-8-1-2-9(10(5-8)14(17)18)13-4-3-7(6-13)11(15)16/h1-2,5,7H,3-4,6H2,(H,15,16). The second-order valence-corrected chi connectivity index (χ2v) is 4.60. The van der Waals surface area contributed by atoms with Gasteiger partial charge < -0.3 is 10.0 Å². The number of anilines is 1. The first-order valence-corrected chi connectivity index (χ1v) is 5.78. The average Bonchev–Trinajstić information content (AvgIpc) is 2.78. The van der Waals surface area contributed by atoms with Crippen LogP contribution >= 0.6 is 11.6 Å². The molecule has 1 aromatic rings. The molecule has 1 aromatic carbocycles. The summed E-state index contributed by atoms with van der Waals surface area (Å²) < 4.78 is 0. The predicted molar refractivity (Wildman–Crippen MR) is 66.1 cm³/mol. The van der Waals surface area contributed by atoms with E-state index < -0.39 is 16.8 Å². The molecule has 1 N–H and O–H groups in total. The number of hydrogen-bond acceptors (Lipinski definition) is 4. The fourth-order valence-electron chi connectivity index (χ4n) is 2.09. The lowest BCUT2D eigenvalue weighted by atomic mass is 10.1. The van der Waals surface area contributed by atoms with Gasteiger partial charge in [-0.25, -0.2) is 0 Å². The van der Waals surface area contributed by atoms with E-state index in [9.17, 15) is 14.9 Å². The van der Waals surface area contributed by atoms with Gasteiger partial charge in [0, 0.05) is 24.2 Å². The third-order valence-corrected chi connectivity index (χ3v) is 3.25. The Morgan fingerprint density at radius 3 is 2.83 bits per heavy atom. The molecule has 1 aliphatic heterocycles. The van der Waals surface area contributed by atoms with Crippen LogP contribution in [0, 0.1) is 16.0 Å². The lowest BCUT2D eigenvalue weighted by Gasteiger charge is -2.17. The zero-order valence-corrected chi connectivity index (χ0v) is 10.1. The summed E-state index contributed by atoms with van der Waals surface area (Å²) in [6.07, 6.45) is 0.495. The number of benzene rings is 1. The first-order chi connectivity index (χ1) is 8.49. The van der Waals surface area contributed by atoms with Crippen LogP contribution in [0.1, 0.15) is 6.42 Å². The summed E-state index contributed by atoms with van der Waals surface area (Å²) >= 11 is 5.73. The maximum atomic E-state index is 11.0. The van der Waals surface area contributed by atoms with Crippen molar-refractivity contribution in [3.8, 4) is 0 Å². The summed E-state index contributed by atoms with van der Waals surface area (Å²) in [5, 5.41) is 20.2. The number of aliphatic carboxylic acids is 1. The van der Waals surface area contributed by atoms with Gasteiger partial charge in [0.05, 0.1) is 10.8 Å². The number of carbonyl (C=O) groups is 1. The highest BCUT2D eigenvalue weighted by molar-refractivity contribution is 6.30. The minimum Gasteiger partial charge on any atom is -0.481 e. The number of nitrogens with zero attached hydrogens (tertiary/aromatic N) is 2. The third-order valence-electron chi connectivity index (χ3n) is 3.01. The quantitative estimate of drug-likeness (QED) is 0.672.